The number of anilines is 1. The van der Waals surface area contributed by atoms with Crippen LogP contribution in [0.3, 0.4) is 0 Å². The summed E-state index contributed by atoms with van der Waals surface area (Å²) in [5.74, 6) is 5.81. The number of urea groups is 1. The normalized spacial score (nSPS) is 13.5. The van der Waals surface area contributed by atoms with Gasteiger partial charge < -0.3 is 10.1 Å². The van der Waals surface area contributed by atoms with E-state index < -0.39 is 12.0 Å². The van der Waals surface area contributed by atoms with Crippen LogP contribution in [0.5, 0.6) is 5.88 Å². The van der Waals surface area contributed by atoms with Crippen LogP contribution in [0.15, 0.2) is 42.9 Å². The molecule has 0 spiro atoms. The van der Waals surface area contributed by atoms with E-state index in [0.29, 0.717) is 36.0 Å². The highest BCUT2D eigenvalue weighted by Crippen LogP contribution is 2.30. The fraction of sp³-hybridized carbons (Fsp3) is 0.238. The molecule has 8 nitrogen and oxygen atoms in total. The van der Waals surface area contributed by atoms with Crippen LogP contribution in [-0.2, 0) is 7.05 Å². The lowest BCUT2D eigenvalue weighted by molar-refractivity contribution is 0.235. The van der Waals surface area contributed by atoms with Gasteiger partial charge >= 0.3 is 6.03 Å². The number of nitrogens with zero attached hydrogens (tertiary/aromatic N) is 5. The van der Waals surface area contributed by atoms with Gasteiger partial charge in [-0.3, -0.25) is 9.58 Å². The van der Waals surface area contributed by atoms with E-state index in [1.807, 2.05) is 13.2 Å². The van der Waals surface area contributed by atoms with Gasteiger partial charge in [0.2, 0.25) is 11.8 Å². The number of carbonyl (C=O) groups excluding carboxylic acids is 1. The van der Waals surface area contributed by atoms with Crippen molar-refractivity contribution >= 4 is 11.7 Å². The molecule has 0 saturated heterocycles. The molecule has 1 aliphatic heterocycles. The Hall–Kier alpha value is -3.93. The number of aromatic nitrogens is 4. The number of amides is 2. The third-order valence-electron chi connectivity index (χ3n) is 4.50. The number of pyridine rings is 2. The molecule has 0 saturated carbocycles. The average Bonchev–Trinajstić information content (AvgIpc) is 3.16. The first kappa shape index (κ1) is 19.4. The summed E-state index contributed by atoms with van der Waals surface area (Å²) in [5, 5.41) is 6.92. The van der Waals surface area contributed by atoms with Crippen LogP contribution in [0.2, 0.25) is 0 Å². The first-order chi connectivity index (χ1) is 14.5. The molecule has 30 heavy (non-hydrogen) atoms. The Kier molecular flexibility index (Phi) is 5.30. The molecule has 152 valence electrons. The van der Waals surface area contributed by atoms with E-state index in [-0.39, 0.29) is 6.03 Å². The predicted octanol–water partition coefficient (Wildman–Crippen LogP) is 2.42. The standard InChI is InChI=1S/C21H19FN6O2/c1-14(17-4-3-5-19(22)26-17)25-21(29)28-8-9-30-20-18(28)10-15(11-23-20)6-7-16-12-24-27(2)13-16/h3-5,10-14H,8-9H2,1-2H3,(H,25,29)/t14-/m0/s1. The fourth-order valence-corrected chi connectivity index (χ4v) is 3.01. The third kappa shape index (κ3) is 4.22. The van der Waals surface area contributed by atoms with E-state index in [1.54, 1.807) is 42.2 Å². The molecule has 4 heterocycles. The minimum Gasteiger partial charge on any atom is -0.474 e. The summed E-state index contributed by atoms with van der Waals surface area (Å²) in [5.41, 5.74) is 2.38. The van der Waals surface area contributed by atoms with Crippen LogP contribution in [0.25, 0.3) is 0 Å². The zero-order chi connectivity index (χ0) is 21.1. The zero-order valence-electron chi connectivity index (χ0n) is 16.5. The zero-order valence-corrected chi connectivity index (χ0v) is 16.5. The number of rotatable bonds is 2. The van der Waals surface area contributed by atoms with Crippen molar-refractivity contribution in [1.29, 1.82) is 0 Å². The van der Waals surface area contributed by atoms with Crippen LogP contribution < -0.4 is 15.0 Å². The van der Waals surface area contributed by atoms with Crippen molar-refractivity contribution in [3.05, 3.63) is 65.6 Å². The molecule has 0 aromatic carbocycles. The van der Waals surface area contributed by atoms with Crippen molar-refractivity contribution in [3.8, 4) is 17.7 Å². The Labute approximate surface area is 172 Å². The molecule has 4 rings (SSSR count). The van der Waals surface area contributed by atoms with Gasteiger partial charge in [-0.15, -0.1) is 0 Å². The number of ether oxygens (including phenoxy) is 1. The monoisotopic (exact) mass is 406 g/mol. The smallest absolute Gasteiger partial charge is 0.322 e. The first-order valence-electron chi connectivity index (χ1n) is 9.33. The largest absolute Gasteiger partial charge is 0.474 e. The van der Waals surface area contributed by atoms with E-state index in [1.165, 1.54) is 11.0 Å². The van der Waals surface area contributed by atoms with Gasteiger partial charge in [-0.25, -0.2) is 14.8 Å². The van der Waals surface area contributed by atoms with Gasteiger partial charge in [0.25, 0.3) is 0 Å². The van der Waals surface area contributed by atoms with Crippen molar-refractivity contribution in [2.45, 2.75) is 13.0 Å². The fourth-order valence-electron chi connectivity index (χ4n) is 3.01. The van der Waals surface area contributed by atoms with Gasteiger partial charge in [0.05, 0.1) is 30.0 Å². The van der Waals surface area contributed by atoms with Gasteiger partial charge in [0.1, 0.15) is 12.3 Å². The van der Waals surface area contributed by atoms with E-state index in [4.69, 9.17) is 4.74 Å². The molecule has 0 radical (unpaired) electrons. The third-order valence-corrected chi connectivity index (χ3v) is 4.50. The van der Waals surface area contributed by atoms with Crippen LogP contribution in [0, 0.1) is 17.8 Å². The van der Waals surface area contributed by atoms with E-state index >= 15 is 0 Å². The molecule has 0 unspecified atom stereocenters. The van der Waals surface area contributed by atoms with Crippen molar-refractivity contribution in [3.63, 3.8) is 0 Å². The molecule has 0 bridgehead atoms. The van der Waals surface area contributed by atoms with E-state index in [9.17, 15) is 9.18 Å². The molecule has 2 amide bonds. The molecule has 1 aliphatic rings. The highest BCUT2D eigenvalue weighted by atomic mass is 19.1. The second-order valence-corrected chi connectivity index (χ2v) is 6.76. The van der Waals surface area contributed by atoms with Crippen LogP contribution >= 0.6 is 0 Å². The minimum atomic E-state index is -0.591. The van der Waals surface area contributed by atoms with Crippen LogP contribution in [-0.4, -0.2) is 38.9 Å². The van der Waals surface area contributed by atoms with E-state index in [0.717, 1.165) is 5.56 Å². The summed E-state index contributed by atoms with van der Waals surface area (Å²) in [7, 11) is 1.82. The molecular weight excluding hydrogens is 387 g/mol. The summed E-state index contributed by atoms with van der Waals surface area (Å²) in [6.45, 7) is 2.42. The molecule has 0 aliphatic carbocycles. The molecule has 3 aromatic heterocycles. The lowest BCUT2D eigenvalue weighted by atomic mass is 10.2. The van der Waals surface area contributed by atoms with Crippen molar-refractivity contribution < 1.29 is 13.9 Å². The minimum absolute atomic E-state index is 0.320. The van der Waals surface area contributed by atoms with Crippen molar-refractivity contribution in [1.82, 2.24) is 25.1 Å². The second kappa shape index (κ2) is 8.21. The Bertz CT molecular complexity index is 1150. The summed E-state index contributed by atoms with van der Waals surface area (Å²) < 4.78 is 20.6. The molecule has 1 N–H and O–H groups in total. The number of carbonyl (C=O) groups is 1. The van der Waals surface area contributed by atoms with Crippen LogP contribution in [0.1, 0.15) is 29.8 Å². The molecule has 9 heteroatoms. The number of hydrogen-bond acceptors (Lipinski definition) is 5. The van der Waals surface area contributed by atoms with Gasteiger partial charge in [0.15, 0.2) is 0 Å². The van der Waals surface area contributed by atoms with Gasteiger partial charge in [0, 0.05) is 25.0 Å². The maximum atomic E-state index is 13.4. The van der Waals surface area contributed by atoms with Crippen LogP contribution in [0.4, 0.5) is 14.9 Å². The number of aryl methyl sites for hydroxylation is 1. The van der Waals surface area contributed by atoms with Crippen molar-refractivity contribution in [2.24, 2.45) is 7.05 Å². The molecule has 3 aromatic rings. The number of hydrogen-bond donors (Lipinski definition) is 1. The summed E-state index contributed by atoms with van der Waals surface area (Å²) in [6, 6.07) is 5.42. The van der Waals surface area contributed by atoms with E-state index in [2.05, 4.69) is 32.2 Å². The van der Waals surface area contributed by atoms with Crippen molar-refractivity contribution in [2.75, 3.05) is 18.1 Å². The topological polar surface area (TPSA) is 85.2 Å². The average molecular weight is 406 g/mol. The number of nitrogens with one attached hydrogen (secondary N) is 1. The van der Waals surface area contributed by atoms with Gasteiger partial charge in [-0.05, 0) is 25.1 Å². The maximum absolute atomic E-state index is 13.4. The number of fused-ring (bicyclic) bond motifs is 1. The lowest BCUT2D eigenvalue weighted by Gasteiger charge is -2.29. The molecular formula is C21H19FN6O2. The highest BCUT2D eigenvalue weighted by molar-refractivity contribution is 5.94. The summed E-state index contributed by atoms with van der Waals surface area (Å²) >= 11 is 0. The Morgan fingerprint density at radius 3 is 2.90 bits per heavy atom. The van der Waals surface area contributed by atoms with Gasteiger partial charge in [-0.2, -0.15) is 9.49 Å². The number of halogens is 1. The Morgan fingerprint density at radius 2 is 2.13 bits per heavy atom. The maximum Gasteiger partial charge on any atom is 0.322 e. The lowest BCUT2D eigenvalue weighted by Crippen LogP contribution is -2.45. The quantitative estimate of drug-likeness (QED) is 0.522. The van der Waals surface area contributed by atoms with Gasteiger partial charge in [-0.1, -0.05) is 17.9 Å². The SMILES string of the molecule is C[C@H](NC(=O)N1CCOc2ncc(C#Cc3cnn(C)c3)cc21)c1cccc(F)n1. The predicted molar refractivity (Wildman–Crippen MR) is 107 cm³/mol. The molecule has 1 atom stereocenters. The highest BCUT2D eigenvalue weighted by Gasteiger charge is 2.26. The Morgan fingerprint density at radius 1 is 1.30 bits per heavy atom. The molecule has 0 fully saturated rings. The summed E-state index contributed by atoms with van der Waals surface area (Å²) in [4.78, 5) is 22.5. The Balaban J connectivity index is 1.55. The first-order valence-corrected chi connectivity index (χ1v) is 9.33. The summed E-state index contributed by atoms with van der Waals surface area (Å²) in [6.07, 6.45) is 5.08. The second-order valence-electron chi connectivity index (χ2n) is 6.76.